The van der Waals surface area contributed by atoms with E-state index in [1.54, 1.807) is 16.7 Å². The van der Waals surface area contributed by atoms with Crippen LogP contribution >= 0.6 is 11.6 Å². The van der Waals surface area contributed by atoms with Gasteiger partial charge in [-0.05, 0) is 31.0 Å². The molecule has 8 rings (SSSR count). The zero-order valence-electron chi connectivity index (χ0n) is 25.6. The highest BCUT2D eigenvalue weighted by atomic mass is 35.5. The number of rotatable bonds is 1. The van der Waals surface area contributed by atoms with Crippen molar-refractivity contribution in [3.8, 4) is 5.88 Å². The molecule has 0 radical (unpaired) electrons. The quantitative estimate of drug-likeness (QED) is 0.281. The van der Waals surface area contributed by atoms with Gasteiger partial charge in [-0.15, -0.1) is 0 Å². The van der Waals surface area contributed by atoms with Gasteiger partial charge in [-0.3, -0.25) is 4.79 Å². The first-order chi connectivity index (χ1) is 22.1. The summed E-state index contributed by atoms with van der Waals surface area (Å²) in [6.45, 7) is 4.74. The van der Waals surface area contributed by atoms with Crippen LogP contribution in [0.3, 0.4) is 0 Å². The number of hydrogen-bond donors (Lipinski definition) is 1. The van der Waals surface area contributed by atoms with Crippen molar-refractivity contribution in [2.45, 2.75) is 64.0 Å². The Labute approximate surface area is 269 Å². The third-order valence-electron chi connectivity index (χ3n) is 9.52. The first-order valence-corrected chi connectivity index (χ1v) is 16.1. The second-order valence-corrected chi connectivity index (χ2v) is 13.1. The molecule has 46 heavy (non-hydrogen) atoms. The second-order valence-electron chi connectivity index (χ2n) is 12.6. The Morgan fingerprint density at radius 3 is 2.83 bits per heavy atom. The number of piperidine rings is 1. The number of carbonyl (C=O) groups is 2. The lowest BCUT2D eigenvalue weighted by Crippen LogP contribution is -2.50. The third kappa shape index (κ3) is 5.41. The van der Waals surface area contributed by atoms with Crippen LogP contribution in [0.15, 0.2) is 40.9 Å². The molecule has 242 valence electrons. The average Bonchev–Trinajstić information content (AvgIpc) is 3.64. The standard InChI is InChI=1S/C33H35ClFN5O6/c1-18-6-5-11-44-17-26-37-27-22-7-3-4-8-25(22)46-28(27)29(38-26)40-16-21(13-24(40)32(42)43)45-30-23(12-20(34)14-36-30)33(35)9-10-39(31(18)41)15-19(33)2/h3-4,7-8,12,14,18-19,21,24H,5-6,9-11,13,15-17H2,1-2H3,(H,42,43)/t18-,19+,21+,24+,33-/m1/s1. The van der Waals surface area contributed by atoms with E-state index in [-0.39, 0.29) is 67.4 Å². The number of amides is 1. The Bertz CT molecular complexity index is 1820. The maximum absolute atomic E-state index is 17.1. The summed E-state index contributed by atoms with van der Waals surface area (Å²) in [5.41, 5.74) is -0.159. The van der Waals surface area contributed by atoms with Crippen LogP contribution in [-0.4, -0.2) is 75.2 Å². The van der Waals surface area contributed by atoms with Crippen molar-refractivity contribution < 1.29 is 33.0 Å². The van der Waals surface area contributed by atoms with Gasteiger partial charge < -0.3 is 28.8 Å². The van der Waals surface area contributed by atoms with Crippen molar-refractivity contribution >= 4 is 51.4 Å². The van der Waals surface area contributed by atoms with Crippen molar-refractivity contribution in [1.82, 2.24) is 19.9 Å². The number of carbonyl (C=O) groups excluding carboxylic acids is 1. The van der Waals surface area contributed by atoms with Crippen LogP contribution in [0, 0.1) is 11.8 Å². The van der Waals surface area contributed by atoms with Crippen molar-refractivity contribution in [3.63, 3.8) is 0 Å². The molecule has 4 aliphatic rings. The number of carboxylic acid groups (broad SMARTS) is 1. The van der Waals surface area contributed by atoms with Gasteiger partial charge in [0.15, 0.2) is 17.2 Å². The number of alkyl halides is 1. The van der Waals surface area contributed by atoms with E-state index < -0.39 is 29.7 Å². The number of para-hydroxylation sites is 1. The van der Waals surface area contributed by atoms with Crippen molar-refractivity contribution in [3.05, 3.63) is 52.9 Å². The number of halogens is 2. The summed E-state index contributed by atoms with van der Waals surface area (Å²) in [6, 6.07) is 7.96. The van der Waals surface area contributed by atoms with Gasteiger partial charge in [-0.25, -0.2) is 24.1 Å². The van der Waals surface area contributed by atoms with Gasteiger partial charge in [-0.2, -0.15) is 0 Å². The van der Waals surface area contributed by atoms with Gasteiger partial charge in [0.25, 0.3) is 0 Å². The van der Waals surface area contributed by atoms with Crippen LogP contribution in [0.4, 0.5) is 10.2 Å². The minimum atomic E-state index is -1.87. The predicted octanol–water partition coefficient (Wildman–Crippen LogP) is 5.52. The lowest BCUT2D eigenvalue weighted by atomic mass is 9.78. The lowest BCUT2D eigenvalue weighted by Gasteiger charge is -2.42. The summed E-state index contributed by atoms with van der Waals surface area (Å²) in [6.07, 6.45) is 2.10. The predicted molar refractivity (Wildman–Crippen MR) is 168 cm³/mol. The molecule has 3 aromatic heterocycles. The van der Waals surface area contributed by atoms with Crippen molar-refractivity contribution in [2.75, 3.05) is 31.1 Å². The van der Waals surface area contributed by atoms with Crippen LogP contribution < -0.4 is 9.64 Å². The fraction of sp³-hybridized carbons (Fsp3) is 0.485. The number of carboxylic acids is 1. The first-order valence-electron chi connectivity index (χ1n) is 15.7. The highest BCUT2D eigenvalue weighted by molar-refractivity contribution is 6.30. The van der Waals surface area contributed by atoms with Crippen LogP contribution in [0.2, 0.25) is 5.02 Å². The minimum absolute atomic E-state index is 0.0139. The molecule has 6 bridgehead atoms. The molecule has 0 aliphatic carbocycles. The number of aliphatic carboxylic acids is 1. The molecule has 1 aromatic carbocycles. The molecule has 1 amide bonds. The number of aromatic nitrogens is 3. The van der Waals surface area contributed by atoms with Crippen molar-refractivity contribution in [2.24, 2.45) is 11.8 Å². The Kier molecular flexibility index (Phi) is 7.96. The van der Waals surface area contributed by atoms with E-state index in [0.717, 1.165) is 5.39 Å². The molecule has 2 fully saturated rings. The molecule has 7 heterocycles. The molecular formula is C33H35ClFN5O6. The third-order valence-corrected chi connectivity index (χ3v) is 9.73. The number of ether oxygens (including phenoxy) is 2. The van der Waals surface area contributed by atoms with E-state index in [4.69, 9.17) is 35.5 Å². The van der Waals surface area contributed by atoms with Gasteiger partial charge in [0.2, 0.25) is 11.8 Å². The van der Waals surface area contributed by atoms with Gasteiger partial charge in [0.05, 0.1) is 17.1 Å². The summed E-state index contributed by atoms with van der Waals surface area (Å²) < 4.78 is 35.6. The highest BCUT2D eigenvalue weighted by Crippen LogP contribution is 2.46. The minimum Gasteiger partial charge on any atom is -0.480 e. The van der Waals surface area contributed by atoms with E-state index in [2.05, 4.69) is 4.98 Å². The van der Waals surface area contributed by atoms with E-state index in [1.165, 1.54) is 12.3 Å². The number of anilines is 1. The van der Waals surface area contributed by atoms with Gasteiger partial charge in [-0.1, -0.05) is 37.6 Å². The number of benzene rings is 1. The molecule has 5 atom stereocenters. The van der Waals surface area contributed by atoms with Crippen LogP contribution in [0.25, 0.3) is 22.1 Å². The van der Waals surface area contributed by atoms with E-state index in [9.17, 15) is 14.7 Å². The van der Waals surface area contributed by atoms with E-state index >= 15 is 4.39 Å². The number of nitrogens with zero attached hydrogens (tertiary/aromatic N) is 5. The van der Waals surface area contributed by atoms with Gasteiger partial charge in [0, 0.05) is 56.0 Å². The second kappa shape index (κ2) is 12.0. The molecule has 4 aromatic rings. The Hall–Kier alpha value is -4.03. The molecular weight excluding hydrogens is 617 g/mol. The van der Waals surface area contributed by atoms with E-state index in [1.807, 2.05) is 31.2 Å². The molecule has 1 N–H and O–H groups in total. The lowest BCUT2D eigenvalue weighted by molar-refractivity contribution is -0.140. The molecule has 0 saturated carbocycles. The monoisotopic (exact) mass is 651 g/mol. The first kappa shape index (κ1) is 30.6. The maximum atomic E-state index is 17.1. The van der Waals surface area contributed by atoms with Crippen LogP contribution in [0.1, 0.15) is 50.9 Å². The summed E-state index contributed by atoms with van der Waals surface area (Å²) in [7, 11) is 0. The maximum Gasteiger partial charge on any atom is 0.326 e. The normalized spacial score (nSPS) is 27.5. The molecule has 11 nitrogen and oxygen atoms in total. The Morgan fingerprint density at radius 2 is 2.02 bits per heavy atom. The Balaban J connectivity index is 1.32. The van der Waals surface area contributed by atoms with Crippen LogP contribution in [-0.2, 0) is 26.6 Å². The molecule has 2 saturated heterocycles. The highest BCUT2D eigenvalue weighted by Gasteiger charge is 2.47. The molecule has 0 spiro atoms. The zero-order chi connectivity index (χ0) is 32.2. The zero-order valence-corrected chi connectivity index (χ0v) is 26.4. The number of fused-ring (bicyclic) bond motifs is 11. The van der Waals surface area contributed by atoms with Crippen LogP contribution in [0.5, 0.6) is 5.88 Å². The fourth-order valence-electron chi connectivity index (χ4n) is 7.01. The van der Waals surface area contributed by atoms with Gasteiger partial charge in [0.1, 0.15) is 35.5 Å². The Morgan fingerprint density at radius 1 is 1.20 bits per heavy atom. The van der Waals surface area contributed by atoms with Gasteiger partial charge >= 0.3 is 5.97 Å². The topological polar surface area (TPSA) is 131 Å². The molecule has 13 heteroatoms. The summed E-state index contributed by atoms with van der Waals surface area (Å²) in [5, 5.41) is 11.4. The number of furan rings is 1. The number of hydrogen-bond acceptors (Lipinski definition) is 9. The number of pyridine rings is 1. The van der Waals surface area contributed by atoms with Crippen molar-refractivity contribution in [1.29, 1.82) is 0 Å². The van der Waals surface area contributed by atoms with E-state index in [0.29, 0.717) is 47.8 Å². The smallest absolute Gasteiger partial charge is 0.326 e. The molecule has 0 unspecified atom stereocenters. The summed E-state index contributed by atoms with van der Waals surface area (Å²) >= 11 is 6.34. The fourth-order valence-corrected chi connectivity index (χ4v) is 7.17. The average molecular weight is 652 g/mol. The molecule has 4 aliphatic heterocycles. The summed E-state index contributed by atoms with van der Waals surface area (Å²) in [5.74, 6) is -1.15. The summed E-state index contributed by atoms with van der Waals surface area (Å²) in [4.78, 5) is 43.3. The SMILES string of the molecule is C[C@@H]1CCCOCc2nc(c3oc4ccccc4c3n2)N2C[C@H](C[C@H]2C(=O)O)Oc2ncc(Cl)cc2[C@@]2(F)CCN(C[C@@H]2C)C1=O. The largest absolute Gasteiger partial charge is 0.480 e.